The van der Waals surface area contributed by atoms with Gasteiger partial charge in [-0.3, -0.25) is 14.5 Å². The van der Waals surface area contributed by atoms with E-state index in [1.54, 1.807) is 42.5 Å². The van der Waals surface area contributed by atoms with E-state index < -0.39 is 6.04 Å². The third kappa shape index (κ3) is 6.11. The average molecular weight is 550 g/mol. The van der Waals surface area contributed by atoms with Gasteiger partial charge < -0.3 is 19.9 Å². The van der Waals surface area contributed by atoms with Gasteiger partial charge in [0, 0.05) is 23.8 Å². The number of ether oxygens (including phenoxy) is 1. The molecule has 2 saturated heterocycles. The van der Waals surface area contributed by atoms with E-state index in [-0.39, 0.29) is 18.2 Å². The van der Waals surface area contributed by atoms with E-state index in [2.05, 4.69) is 17.1 Å². The zero-order valence-corrected chi connectivity index (χ0v) is 22.7. The number of hydrogen-bond acceptors (Lipinski definition) is 5. The molecule has 2 amide bonds. The lowest BCUT2D eigenvalue weighted by molar-refractivity contribution is -0.124. The first-order valence-corrected chi connectivity index (χ1v) is 13.2. The fraction of sp³-hybridized carbons (Fsp3) is 0.423. The van der Waals surface area contributed by atoms with Gasteiger partial charge in [0.15, 0.2) is 5.11 Å². The second-order valence-electron chi connectivity index (χ2n) is 9.27. The molecule has 0 aliphatic carbocycles. The normalized spacial score (nSPS) is 19.2. The summed E-state index contributed by atoms with van der Waals surface area (Å²) in [7, 11) is 1.53. The number of hydrogen-bond donors (Lipinski definition) is 1. The fourth-order valence-electron chi connectivity index (χ4n) is 4.58. The minimum Gasteiger partial charge on any atom is -0.495 e. The Morgan fingerprint density at radius 2 is 1.81 bits per heavy atom. The summed E-state index contributed by atoms with van der Waals surface area (Å²) >= 11 is 18.1. The third-order valence-corrected chi connectivity index (χ3v) is 7.72. The number of anilines is 2. The highest BCUT2D eigenvalue weighted by molar-refractivity contribution is 7.80. The first-order chi connectivity index (χ1) is 17.3. The highest BCUT2D eigenvalue weighted by atomic mass is 35.5. The molecule has 1 unspecified atom stereocenters. The van der Waals surface area contributed by atoms with Crippen molar-refractivity contribution in [1.29, 1.82) is 0 Å². The molecule has 0 aromatic heterocycles. The zero-order chi connectivity index (χ0) is 25.8. The van der Waals surface area contributed by atoms with Crippen molar-refractivity contribution in [2.45, 2.75) is 32.2 Å². The number of benzene rings is 2. The molecule has 2 fully saturated rings. The first-order valence-electron chi connectivity index (χ1n) is 12.0. The summed E-state index contributed by atoms with van der Waals surface area (Å²) in [4.78, 5) is 32.3. The van der Waals surface area contributed by atoms with E-state index in [1.165, 1.54) is 12.0 Å². The number of nitrogens with zero attached hydrogens (tertiary/aromatic N) is 3. The van der Waals surface area contributed by atoms with Crippen LogP contribution in [-0.2, 0) is 9.59 Å². The Kier molecular flexibility index (Phi) is 8.72. The Labute approximate surface area is 227 Å². The molecule has 0 spiro atoms. The van der Waals surface area contributed by atoms with Crippen molar-refractivity contribution in [2.75, 3.05) is 43.5 Å². The highest BCUT2D eigenvalue weighted by Crippen LogP contribution is 2.33. The molecule has 10 heteroatoms. The molecule has 1 N–H and O–H groups in total. The Balaban J connectivity index is 1.53. The summed E-state index contributed by atoms with van der Waals surface area (Å²) in [5, 5.41) is 4.18. The second kappa shape index (κ2) is 11.8. The van der Waals surface area contributed by atoms with Crippen LogP contribution in [0, 0.1) is 5.92 Å². The second-order valence-corrected chi connectivity index (χ2v) is 10.5. The predicted molar refractivity (Wildman–Crippen MR) is 148 cm³/mol. The lowest BCUT2D eigenvalue weighted by Gasteiger charge is -2.32. The maximum Gasteiger partial charge on any atom is 0.256 e. The van der Waals surface area contributed by atoms with Crippen LogP contribution in [0.5, 0.6) is 5.75 Å². The zero-order valence-electron chi connectivity index (χ0n) is 20.4. The van der Waals surface area contributed by atoms with Crippen LogP contribution in [0.1, 0.15) is 26.2 Å². The molecule has 2 aliphatic rings. The summed E-state index contributed by atoms with van der Waals surface area (Å²) in [6.07, 6.45) is 2.29. The van der Waals surface area contributed by atoms with Gasteiger partial charge in [-0.15, -0.1) is 0 Å². The van der Waals surface area contributed by atoms with Crippen molar-refractivity contribution in [2.24, 2.45) is 5.92 Å². The number of piperidine rings is 1. The van der Waals surface area contributed by atoms with Gasteiger partial charge in [-0.05, 0) is 86.5 Å². The standard InChI is InChI=1S/C26H30Cl2N4O3S/c1-17-9-11-30(12-10-17)13-14-31-22(16-24(33)29-19-5-3-18(27)4-6-19)25(34)32(26(31)36)20-7-8-23(35-2)21(28)15-20/h3-8,15,17,22H,9-14,16H2,1-2H3,(H,29,33). The number of methoxy groups -OCH3 is 1. The number of amides is 2. The number of halogens is 2. The van der Waals surface area contributed by atoms with Crippen LogP contribution in [0.25, 0.3) is 0 Å². The molecule has 2 aromatic carbocycles. The van der Waals surface area contributed by atoms with Gasteiger partial charge in [-0.2, -0.15) is 0 Å². The number of nitrogens with one attached hydrogen (secondary N) is 1. The van der Waals surface area contributed by atoms with Gasteiger partial charge in [-0.1, -0.05) is 30.1 Å². The Bertz CT molecular complexity index is 1120. The molecule has 0 saturated carbocycles. The molecule has 2 aromatic rings. The molecule has 2 aliphatic heterocycles. The van der Waals surface area contributed by atoms with Crippen molar-refractivity contribution in [3.8, 4) is 5.75 Å². The molecule has 2 heterocycles. The summed E-state index contributed by atoms with van der Waals surface area (Å²) in [5.41, 5.74) is 1.17. The Morgan fingerprint density at radius 3 is 2.44 bits per heavy atom. The van der Waals surface area contributed by atoms with Crippen molar-refractivity contribution < 1.29 is 14.3 Å². The summed E-state index contributed by atoms with van der Waals surface area (Å²) in [5.74, 6) is 0.716. The van der Waals surface area contributed by atoms with Crippen LogP contribution >= 0.6 is 35.4 Å². The van der Waals surface area contributed by atoms with Gasteiger partial charge in [-0.25, -0.2) is 0 Å². The van der Waals surface area contributed by atoms with Crippen LogP contribution < -0.4 is 15.0 Å². The SMILES string of the molecule is COc1ccc(N2C(=O)C(CC(=O)Nc3ccc(Cl)cc3)N(CCN3CCC(C)CC3)C2=S)cc1Cl. The number of thiocarbonyl (C=S) groups is 1. The first kappa shape index (κ1) is 26.7. The maximum atomic E-state index is 13.6. The van der Waals surface area contributed by atoms with Gasteiger partial charge in [0.25, 0.3) is 5.91 Å². The lowest BCUT2D eigenvalue weighted by atomic mass is 9.99. The quantitative estimate of drug-likeness (QED) is 0.465. The van der Waals surface area contributed by atoms with Crippen molar-refractivity contribution in [1.82, 2.24) is 9.80 Å². The molecule has 36 heavy (non-hydrogen) atoms. The van der Waals surface area contributed by atoms with Crippen LogP contribution in [-0.4, -0.2) is 66.1 Å². The lowest BCUT2D eigenvalue weighted by Crippen LogP contribution is -2.44. The van der Waals surface area contributed by atoms with Crippen molar-refractivity contribution >= 4 is 63.7 Å². The average Bonchev–Trinajstić information content (AvgIpc) is 3.08. The molecular formula is C26H30Cl2N4O3S. The minimum atomic E-state index is -0.714. The number of rotatable bonds is 8. The van der Waals surface area contributed by atoms with E-state index in [1.807, 2.05) is 4.90 Å². The van der Waals surface area contributed by atoms with Gasteiger partial charge >= 0.3 is 0 Å². The smallest absolute Gasteiger partial charge is 0.256 e. The van der Waals surface area contributed by atoms with E-state index >= 15 is 0 Å². The van der Waals surface area contributed by atoms with E-state index in [9.17, 15) is 9.59 Å². The Morgan fingerprint density at radius 1 is 1.11 bits per heavy atom. The van der Waals surface area contributed by atoms with Crippen molar-refractivity contribution in [3.05, 3.63) is 52.5 Å². The maximum absolute atomic E-state index is 13.6. The molecule has 0 bridgehead atoms. The third-order valence-electron chi connectivity index (χ3n) is 6.75. The largest absolute Gasteiger partial charge is 0.495 e. The molecule has 192 valence electrons. The monoisotopic (exact) mass is 548 g/mol. The Hall–Kier alpha value is -2.39. The van der Waals surface area contributed by atoms with Gasteiger partial charge in [0.05, 0.1) is 24.2 Å². The van der Waals surface area contributed by atoms with E-state index in [4.69, 9.17) is 40.2 Å². The number of carbonyl (C=O) groups is 2. The summed E-state index contributed by atoms with van der Waals surface area (Å²) in [6.45, 7) is 5.65. The minimum absolute atomic E-state index is 0.0287. The van der Waals surface area contributed by atoms with Crippen LogP contribution in [0.2, 0.25) is 10.0 Å². The molecule has 4 rings (SSSR count). The van der Waals surface area contributed by atoms with Crippen LogP contribution in [0.3, 0.4) is 0 Å². The number of likely N-dealkylation sites (tertiary alicyclic amines) is 1. The molecule has 1 atom stereocenters. The highest BCUT2D eigenvalue weighted by Gasteiger charge is 2.44. The van der Waals surface area contributed by atoms with E-state index in [0.29, 0.717) is 38.8 Å². The number of carbonyl (C=O) groups excluding carboxylic acids is 2. The molecule has 0 radical (unpaired) electrons. The van der Waals surface area contributed by atoms with Gasteiger partial charge in [0.2, 0.25) is 5.91 Å². The predicted octanol–water partition coefficient (Wildman–Crippen LogP) is 5.06. The van der Waals surface area contributed by atoms with Crippen molar-refractivity contribution in [3.63, 3.8) is 0 Å². The molecule has 7 nitrogen and oxygen atoms in total. The topological polar surface area (TPSA) is 65.1 Å². The van der Waals surface area contributed by atoms with Gasteiger partial charge in [0.1, 0.15) is 11.8 Å². The summed E-state index contributed by atoms with van der Waals surface area (Å²) in [6, 6.07) is 11.2. The molecular weight excluding hydrogens is 519 g/mol. The van der Waals surface area contributed by atoms with Crippen LogP contribution in [0.4, 0.5) is 11.4 Å². The van der Waals surface area contributed by atoms with Crippen LogP contribution in [0.15, 0.2) is 42.5 Å². The van der Waals surface area contributed by atoms with E-state index in [0.717, 1.165) is 38.4 Å². The summed E-state index contributed by atoms with van der Waals surface area (Å²) < 4.78 is 5.24. The fourth-order valence-corrected chi connectivity index (χ4v) is 5.37.